The van der Waals surface area contributed by atoms with Gasteiger partial charge >= 0.3 is 0 Å². The lowest BCUT2D eigenvalue weighted by atomic mass is 10.2. The number of halogens is 1. The first kappa shape index (κ1) is 13.5. The molecular formula is C13H20BrNO. The highest BCUT2D eigenvalue weighted by Gasteiger charge is 2.10. The molecule has 1 aromatic rings. The van der Waals surface area contributed by atoms with Crippen LogP contribution >= 0.6 is 15.9 Å². The van der Waals surface area contributed by atoms with Crippen molar-refractivity contribution in [2.75, 3.05) is 19.7 Å². The van der Waals surface area contributed by atoms with Crippen LogP contribution in [-0.2, 0) is 6.54 Å². The van der Waals surface area contributed by atoms with E-state index in [0.29, 0.717) is 6.61 Å². The summed E-state index contributed by atoms with van der Waals surface area (Å²) in [5.74, 6) is 0.983. The van der Waals surface area contributed by atoms with E-state index in [-0.39, 0.29) is 0 Å². The first-order chi connectivity index (χ1) is 7.72. The molecule has 0 aliphatic carbocycles. The van der Waals surface area contributed by atoms with Crippen LogP contribution in [0.4, 0.5) is 0 Å². The van der Waals surface area contributed by atoms with Crippen LogP contribution in [0.2, 0.25) is 0 Å². The number of para-hydroxylation sites is 1. The molecule has 1 aromatic carbocycles. The maximum atomic E-state index is 5.68. The average Bonchev–Trinajstić information content (AvgIpc) is 2.30. The lowest BCUT2D eigenvalue weighted by molar-refractivity contribution is 0.281. The standard InChI is InChI=1S/C13H20BrNO/c1-4-15(5-2)10-11-8-7-9-12(14)13(11)16-6-3/h7-9H,4-6,10H2,1-3H3. The number of hydrogen-bond donors (Lipinski definition) is 0. The summed E-state index contributed by atoms with van der Waals surface area (Å²) in [5.41, 5.74) is 1.25. The third kappa shape index (κ3) is 3.49. The van der Waals surface area contributed by atoms with Gasteiger partial charge in [0, 0.05) is 12.1 Å². The highest BCUT2D eigenvalue weighted by molar-refractivity contribution is 9.10. The van der Waals surface area contributed by atoms with Crippen molar-refractivity contribution in [3.8, 4) is 5.75 Å². The summed E-state index contributed by atoms with van der Waals surface area (Å²) in [6.45, 7) is 10.2. The Morgan fingerprint density at radius 3 is 2.44 bits per heavy atom. The van der Waals surface area contributed by atoms with Gasteiger partial charge in [-0.3, -0.25) is 4.90 Å². The molecule has 1 rings (SSSR count). The van der Waals surface area contributed by atoms with E-state index >= 15 is 0 Å². The predicted molar refractivity (Wildman–Crippen MR) is 71.9 cm³/mol. The molecule has 0 amide bonds. The summed E-state index contributed by atoms with van der Waals surface area (Å²) in [6.07, 6.45) is 0. The van der Waals surface area contributed by atoms with Crippen molar-refractivity contribution in [2.24, 2.45) is 0 Å². The van der Waals surface area contributed by atoms with E-state index < -0.39 is 0 Å². The van der Waals surface area contributed by atoms with Crippen molar-refractivity contribution in [1.82, 2.24) is 4.90 Å². The molecule has 3 heteroatoms. The van der Waals surface area contributed by atoms with Gasteiger partial charge in [-0.25, -0.2) is 0 Å². The van der Waals surface area contributed by atoms with Crippen LogP contribution in [0.3, 0.4) is 0 Å². The summed E-state index contributed by atoms with van der Waals surface area (Å²) >= 11 is 3.54. The van der Waals surface area contributed by atoms with E-state index in [2.05, 4.69) is 46.8 Å². The van der Waals surface area contributed by atoms with Gasteiger partial charge in [0.05, 0.1) is 11.1 Å². The Labute approximate surface area is 107 Å². The third-order valence-corrected chi connectivity index (χ3v) is 3.25. The fourth-order valence-corrected chi connectivity index (χ4v) is 2.19. The van der Waals surface area contributed by atoms with E-state index in [1.807, 2.05) is 13.0 Å². The molecule has 0 radical (unpaired) electrons. The quantitative estimate of drug-likeness (QED) is 0.790. The maximum Gasteiger partial charge on any atom is 0.137 e. The van der Waals surface area contributed by atoms with Crippen LogP contribution in [0.5, 0.6) is 5.75 Å². The monoisotopic (exact) mass is 285 g/mol. The second-order valence-corrected chi connectivity index (χ2v) is 4.48. The van der Waals surface area contributed by atoms with Gasteiger partial charge in [0.25, 0.3) is 0 Å². The molecule has 0 atom stereocenters. The van der Waals surface area contributed by atoms with Crippen molar-refractivity contribution >= 4 is 15.9 Å². The topological polar surface area (TPSA) is 12.5 Å². The molecule has 0 aromatic heterocycles. The molecular weight excluding hydrogens is 266 g/mol. The Morgan fingerprint density at radius 1 is 1.19 bits per heavy atom. The summed E-state index contributed by atoms with van der Waals surface area (Å²) in [7, 11) is 0. The number of rotatable bonds is 6. The Morgan fingerprint density at radius 2 is 1.88 bits per heavy atom. The second kappa shape index (κ2) is 6.92. The van der Waals surface area contributed by atoms with Crippen LogP contribution in [0, 0.1) is 0 Å². The molecule has 16 heavy (non-hydrogen) atoms. The van der Waals surface area contributed by atoms with E-state index in [1.54, 1.807) is 0 Å². The van der Waals surface area contributed by atoms with Crippen molar-refractivity contribution in [1.29, 1.82) is 0 Å². The van der Waals surface area contributed by atoms with Gasteiger partial charge in [-0.2, -0.15) is 0 Å². The normalized spacial score (nSPS) is 10.8. The number of ether oxygens (including phenoxy) is 1. The van der Waals surface area contributed by atoms with E-state index in [9.17, 15) is 0 Å². The Kier molecular flexibility index (Phi) is 5.85. The van der Waals surface area contributed by atoms with Gasteiger partial charge in [0.15, 0.2) is 0 Å². The van der Waals surface area contributed by atoms with Gasteiger partial charge in [0.1, 0.15) is 5.75 Å². The molecule has 0 aliphatic rings. The number of nitrogens with zero attached hydrogens (tertiary/aromatic N) is 1. The van der Waals surface area contributed by atoms with Gasteiger partial charge in [-0.1, -0.05) is 26.0 Å². The molecule has 0 unspecified atom stereocenters. The second-order valence-electron chi connectivity index (χ2n) is 3.62. The lowest BCUT2D eigenvalue weighted by Crippen LogP contribution is -2.22. The van der Waals surface area contributed by atoms with Gasteiger partial charge in [-0.15, -0.1) is 0 Å². The van der Waals surface area contributed by atoms with Crippen LogP contribution in [0.25, 0.3) is 0 Å². The highest BCUT2D eigenvalue weighted by Crippen LogP contribution is 2.29. The summed E-state index contributed by atoms with van der Waals surface area (Å²) in [5, 5.41) is 0. The summed E-state index contributed by atoms with van der Waals surface area (Å²) < 4.78 is 6.72. The minimum atomic E-state index is 0.702. The van der Waals surface area contributed by atoms with Crippen molar-refractivity contribution < 1.29 is 4.74 Å². The summed E-state index contributed by atoms with van der Waals surface area (Å²) in [4.78, 5) is 2.38. The fraction of sp³-hybridized carbons (Fsp3) is 0.538. The van der Waals surface area contributed by atoms with Crippen LogP contribution in [0.1, 0.15) is 26.3 Å². The Bertz CT molecular complexity index is 324. The largest absolute Gasteiger partial charge is 0.492 e. The van der Waals surface area contributed by atoms with Gasteiger partial charge < -0.3 is 4.74 Å². The fourth-order valence-electron chi connectivity index (χ4n) is 1.67. The maximum absolute atomic E-state index is 5.68. The Hall–Kier alpha value is -0.540. The van der Waals surface area contributed by atoms with Gasteiger partial charge in [-0.05, 0) is 42.0 Å². The minimum Gasteiger partial charge on any atom is -0.492 e. The molecule has 0 spiro atoms. The van der Waals surface area contributed by atoms with Gasteiger partial charge in [0.2, 0.25) is 0 Å². The minimum absolute atomic E-state index is 0.702. The average molecular weight is 286 g/mol. The molecule has 0 heterocycles. The molecule has 90 valence electrons. The Balaban J connectivity index is 2.89. The van der Waals surface area contributed by atoms with Crippen LogP contribution in [-0.4, -0.2) is 24.6 Å². The van der Waals surface area contributed by atoms with Crippen molar-refractivity contribution in [2.45, 2.75) is 27.3 Å². The highest BCUT2D eigenvalue weighted by atomic mass is 79.9. The molecule has 0 saturated heterocycles. The third-order valence-electron chi connectivity index (χ3n) is 2.63. The van der Waals surface area contributed by atoms with E-state index in [1.165, 1.54) is 5.56 Å². The molecule has 2 nitrogen and oxygen atoms in total. The molecule has 0 aliphatic heterocycles. The summed E-state index contributed by atoms with van der Waals surface area (Å²) in [6, 6.07) is 6.22. The lowest BCUT2D eigenvalue weighted by Gasteiger charge is -2.20. The van der Waals surface area contributed by atoms with Crippen molar-refractivity contribution in [3.05, 3.63) is 28.2 Å². The smallest absolute Gasteiger partial charge is 0.137 e. The van der Waals surface area contributed by atoms with E-state index in [4.69, 9.17) is 4.74 Å². The van der Waals surface area contributed by atoms with Crippen molar-refractivity contribution in [3.63, 3.8) is 0 Å². The molecule has 0 bridgehead atoms. The van der Waals surface area contributed by atoms with Crippen LogP contribution < -0.4 is 4.74 Å². The zero-order valence-electron chi connectivity index (χ0n) is 10.3. The molecule has 0 saturated carbocycles. The molecule has 0 fully saturated rings. The zero-order chi connectivity index (χ0) is 12.0. The SMILES string of the molecule is CCOc1c(Br)cccc1CN(CC)CC. The zero-order valence-corrected chi connectivity index (χ0v) is 11.9. The number of hydrogen-bond acceptors (Lipinski definition) is 2. The molecule has 0 N–H and O–H groups in total. The number of benzene rings is 1. The van der Waals surface area contributed by atoms with Crippen LogP contribution in [0.15, 0.2) is 22.7 Å². The van der Waals surface area contributed by atoms with E-state index in [0.717, 1.165) is 29.9 Å². The predicted octanol–water partition coefficient (Wildman–Crippen LogP) is 3.69. The first-order valence-electron chi connectivity index (χ1n) is 5.85. The first-order valence-corrected chi connectivity index (χ1v) is 6.64.